The van der Waals surface area contributed by atoms with Crippen LogP contribution in [0.25, 0.3) is 0 Å². The summed E-state index contributed by atoms with van der Waals surface area (Å²) >= 11 is 0. The zero-order valence-electron chi connectivity index (χ0n) is 16.9. The van der Waals surface area contributed by atoms with Gasteiger partial charge in [-0.15, -0.1) is 0 Å². The lowest BCUT2D eigenvalue weighted by atomic mass is 10.0. The van der Waals surface area contributed by atoms with E-state index in [0.29, 0.717) is 12.5 Å². The highest BCUT2D eigenvalue weighted by Crippen LogP contribution is 2.13. The Bertz CT molecular complexity index is 1060. The molecule has 0 aliphatic heterocycles. The molecule has 0 spiro atoms. The molecule has 3 aromatic rings. The first-order valence-electron chi connectivity index (χ1n) is 9.62. The molecule has 0 radical (unpaired) electrons. The lowest BCUT2D eigenvalue weighted by Crippen LogP contribution is -2.30. The van der Waals surface area contributed by atoms with Crippen molar-refractivity contribution in [2.75, 3.05) is 0 Å². The molecule has 0 bridgehead atoms. The third kappa shape index (κ3) is 5.29. The molecule has 0 unspecified atom stereocenters. The summed E-state index contributed by atoms with van der Waals surface area (Å²) in [6.45, 7) is 6.69. The molecule has 1 heterocycles. The van der Waals surface area contributed by atoms with Gasteiger partial charge < -0.3 is 4.57 Å². The van der Waals surface area contributed by atoms with Gasteiger partial charge in [0.25, 0.3) is 11.5 Å². The van der Waals surface area contributed by atoms with Crippen LogP contribution in [0.3, 0.4) is 0 Å². The SMILES string of the molecule is Cc1ccc(Cn2cccc(C(=O)N/N=C\c3ccc(C(C)C)cc3)c2=O)cc1. The number of hydrogen-bond donors (Lipinski definition) is 1. The van der Waals surface area contributed by atoms with Crippen molar-refractivity contribution < 1.29 is 4.79 Å². The number of nitrogens with one attached hydrogen (secondary N) is 1. The maximum Gasteiger partial charge on any atom is 0.276 e. The molecule has 1 aromatic heterocycles. The average molecular weight is 387 g/mol. The van der Waals surface area contributed by atoms with Crippen LogP contribution in [0.2, 0.25) is 0 Å². The third-order valence-electron chi connectivity index (χ3n) is 4.72. The molecule has 3 rings (SSSR count). The maximum atomic E-state index is 12.7. The van der Waals surface area contributed by atoms with E-state index in [0.717, 1.165) is 16.7 Å². The van der Waals surface area contributed by atoms with E-state index in [9.17, 15) is 9.59 Å². The first-order chi connectivity index (χ1) is 13.9. The highest BCUT2D eigenvalue weighted by molar-refractivity contribution is 5.94. The fraction of sp³-hybridized carbons (Fsp3) is 0.208. The number of carbonyl (C=O) groups excluding carboxylic acids is 1. The summed E-state index contributed by atoms with van der Waals surface area (Å²) in [5.41, 5.74) is 6.43. The zero-order valence-corrected chi connectivity index (χ0v) is 16.9. The van der Waals surface area contributed by atoms with Gasteiger partial charge in [0, 0.05) is 6.20 Å². The van der Waals surface area contributed by atoms with Gasteiger partial charge in [0.2, 0.25) is 0 Å². The van der Waals surface area contributed by atoms with Crippen molar-refractivity contribution in [3.8, 4) is 0 Å². The predicted octanol–water partition coefficient (Wildman–Crippen LogP) is 4.09. The minimum Gasteiger partial charge on any atom is -0.310 e. The molecule has 0 fully saturated rings. The minimum atomic E-state index is -0.525. The number of carbonyl (C=O) groups is 1. The summed E-state index contributed by atoms with van der Waals surface area (Å²) in [6.07, 6.45) is 3.24. The van der Waals surface area contributed by atoms with Gasteiger partial charge in [-0.05, 0) is 41.7 Å². The van der Waals surface area contributed by atoms with Crippen molar-refractivity contribution in [3.05, 3.63) is 105 Å². The van der Waals surface area contributed by atoms with Crippen LogP contribution in [-0.2, 0) is 6.54 Å². The van der Waals surface area contributed by atoms with E-state index in [2.05, 4.69) is 24.4 Å². The van der Waals surface area contributed by atoms with Crippen LogP contribution in [0.15, 0.2) is 76.8 Å². The van der Waals surface area contributed by atoms with Crippen molar-refractivity contribution in [3.63, 3.8) is 0 Å². The van der Waals surface area contributed by atoms with Gasteiger partial charge in [0.05, 0.1) is 12.8 Å². The molecular weight excluding hydrogens is 362 g/mol. The van der Waals surface area contributed by atoms with Gasteiger partial charge in [-0.25, -0.2) is 5.43 Å². The number of hydrazone groups is 1. The molecule has 0 aliphatic carbocycles. The van der Waals surface area contributed by atoms with E-state index in [4.69, 9.17) is 0 Å². The van der Waals surface area contributed by atoms with Crippen LogP contribution >= 0.6 is 0 Å². The normalized spacial score (nSPS) is 11.2. The van der Waals surface area contributed by atoms with E-state index in [-0.39, 0.29) is 11.1 Å². The summed E-state index contributed by atoms with van der Waals surface area (Å²) in [6, 6.07) is 19.1. The molecule has 0 saturated heterocycles. The smallest absolute Gasteiger partial charge is 0.276 e. The molecule has 1 N–H and O–H groups in total. The van der Waals surface area contributed by atoms with Crippen LogP contribution in [0.5, 0.6) is 0 Å². The van der Waals surface area contributed by atoms with Gasteiger partial charge in [0.1, 0.15) is 5.56 Å². The molecule has 5 nitrogen and oxygen atoms in total. The summed E-state index contributed by atoms with van der Waals surface area (Å²) in [5, 5.41) is 3.98. The van der Waals surface area contributed by atoms with Gasteiger partial charge in [0.15, 0.2) is 0 Å². The van der Waals surface area contributed by atoms with Crippen molar-refractivity contribution >= 4 is 12.1 Å². The Hall–Kier alpha value is -3.47. The first-order valence-corrected chi connectivity index (χ1v) is 9.62. The van der Waals surface area contributed by atoms with Crippen LogP contribution < -0.4 is 11.0 Å². The molecule has 5 heteroatoms. The highest BCUT2D eigenvalue weighted by atomic mass is 16.2. The average Bonchev–Trinajstić information content (AvgIpc) is 2.71. The molecular formula is C24H25N3O2. The maximum absolute atomic E-state index is 12.7. The van der Waals surface area contributed by atoms with Crippen LogP contribution in [-0.4, -0.2) is 16.7 Å². The van der Waals surface area contributed by atoms with Crippen LogP contribution in [0, 0.1) is 6.92 Å². The summed E-state index contributed by atoms with van der Waals surface area (Å²) in [7, 11) is 0. The van der Waals surface area contributed by atoms with Gasteiger partial charge in [-0.1, -0.05) is 67.9 Å². The van der Waals surface area contributed by atoms with E-state index in [1.807, 2.05) is 55.5 Å². The summed E-state index contributed by atoms with van der Waals surface area (Å²) in [5.74, 6) is -0.0656. The lowest BCUT2D eigenvalue weighted by Gasteiger charge is -2.08. The zero-order chi connectivity index (χ0) is 20.8. The Kier molecular flexibility index (Phi) is 6.39. The fourth-order valence-corrected chi connectivity index (χ4v) is 2.92. The Balaban J connectivity index is 1.69. The Labute approximate surface area is 170 Å². The topological polar surface area (TPSA) is 63.5 Å². The molecule has 0 atom stereocenters. The third-order valence-corrected chi connectivity index (χ3v) is 4.72. The second-order valence-corrected chi connectivity index (χ2v) is 7.36. The molecule has 148 valence electrons. The summed E-state index contributed by atoms with van der Waals surface area (Å²) in [4.78, 5) is 25.1. The Morgan fingerprint density at radius 2 is 1.76 bits per heavy atom. The van der Waals surface area contributed by atoms with Crippen molar-refractivity contribution in [2.45, 2.75) is 33.2 Å². The number of benzene rings is 2. The number of aromatic nitrogens is 1. The molecule has 0 aliphatic rings. The highest BCUT2D eigenvalue weighted by Gasteiger charge is 2.11. The molecule has 1 amide bonds. The second kappa shape index (κ2) is 9.15. The molecule has 0 saturated carbocycles. The number of hydrogen-bond acceptors (Lipinski definition) is 3. The number of amides is 1. The van der Waals surface area contributed by atoms with E-state index in [1.54, 1.807) is 18.5 Å². The predicted molar refractivity (Wildman–Crippen MR) is 117 cm³/mol. The van der Waals surface area contributed by atoms with Gasteiger partial charge in [-0.3, -0.25) is 9.59 Å². The standard InChI is InChI=1S/C24H25N3O2/c1-17(2)21-12-10-19(11-13-21)15-25-26-23(28)22-5-4-14-27(24(22)29)16-20-8-6-18(3)7-9-20/h4-15,17H,16H2,1-3H3,(H,26,28)/b25-15-. The van der Waals surface area contributed by atoms with Crippen molar-refractivity contribution in [2.24, 2.45) is 5.10 Å². The van der Waals surface area contributed by atoms with Gasteiger partial charge >= 0.3 is 0 Å². The first kappa shape index (κ1) is 20.3. The monoisotopic (exact) mass is 387 g/mol. The van der Waals surface area contributed by atoms with Crippen LogP contribution in [0.4, 0.5) is 0 Å². The summed E-state index contributed by atoms with van der Waals surface area (Å²) < 4.78 is 1.52. The Morgan fingerprint density at radius 3 is 2.41 bits per heavy atom. The second-order valence-electron chi connectivity index (χ2n) is 7.36. The number of pyridine rings is 1. The van der Waals surface area contributed by atoms with E-state index in [1.165, 1.54) is 16.2 Å². The lowest BCUT2D eigenvalue weighted by molar-refractivity contribution is 0.0953. The van der Waals surface area contributed by atoms with Crippen molar-refractivity contribution in [1.29, 1.82) is 0 Å². The Morgan fingerprint density at radius 1 is 1.07 bits per heavy atom. The van der Waals surface area contributed by atoms with Crippen molar-refractivity contribution in [1.82, 2.24) is 9.99 Å². The number of nitrogens with zero attached hydrogens (tertiary/aromatic N) is 2. The quantitative estimate of drug-likeness (QED) is 0.511. The molecule has 29 heavy (non-hydrogen) atoms. The van der Waals surface area contributed by atoms with E-state index < -0.39 is 5.91 Å². The minimum absolute atomic E-state index is 0.0620. The van der Waals surface area contributed by atoms with E-state index >= 15 is 0 Å². The fourth-order valence-electron chi connectivity index (χ4n) is 2.92. The van der Waals surface area contributed by atoms with Gasteiger partial charge in [-0.2, -0.15) is 5.10 Å². The van der Waals surface area contributed by atoms with Crippen LogP contribution in [0.1, 0.15) is 52.4 Å². The number of rotatable bonds is 6. The molecule has 2 aromatic carbocycles. The number of aryl methyl sites for hydroxylation is 1. The largest absolute Gasteiger partial charge is 0.310 e.